The molecule has 0 aromatic heterocycles. The molecular weight excluding hydrogens is 290 g/mol. The first-order valence-electron chi connectivity index (χ1n) is 9.57. The highest BCUT2D eigenvalue weighted by Crippen LogP contribution is 2.26. The van der Waals surface area contributed by atoms with E-state index >= 15 is 0 Å². The highest BCUT2D eigenvalue weighted by atomic mass is 16.3. The van der Waals surface area contributed by atoms with Crippen LogP contribution in [0.4, 0.5) is 0 Å². The van der Waals surface area contributed by atoms with Crippen LogP contribution in [-0.4, -0.2) is 83.2 Å². The third-order valence-electron chi connectivity index (χ3n) is 6.19. The first-order valence-corrected chi connectivity index (χ1v) is 9.57. The lowest BCUT2D eigenvalue weighted by atomic mass is 9.94. The molecule has 0 aromatic rings. The number of nitrogens with zero attached hydrogens (tertiary/aromatic N) is 3. The minimum Gasteiger partial charge on any atom is -0.391 e. The van der Waals surface area contributed by atoms with Crippen molar-refractivity contribution in [3.63, 3.8) is 0 Å². The number of aliphatic hydroxyl groups is 1. The van der Waals surface area contributed by atoms with Crippen LogP contribution in [0, 0.1) is 0 Å². The summed E-state index contributed by atoms with van der Waals surface area (Å²) in [5, 5.41) is 10.6. The van der Waals surface area contributed by atoms with Gasteiger partial charge in [0.05, 0.1) is 6.10 Å². The van der Waals surface area contributed by atoms with Crippen molar-refractivity contribution in [2.24, 2.45) is 0 Å². The van der Waals surface area contributed by atoms with Gasteiger partial charge >= 0.3 is 0 Å². The molecule has 1 saturated carbocycles. The van der Waals surface area contributed by atoms with E-state index in [4.69, 9.17) is 0 Å². The Hall–Kier alpha value is -0.650. The predicted octanol–water partition coefficient (Wildman–Crippen LogP) is 1.31. The molecule has 0 spiro atoms. The van der Waals surface area contributed by atoms with Gasteiger partial charge in [-0.3, -0.25) is 9.69 Å². The molecule has 3 fully saturated rings. The lowest BCUT2D eigenvalue weighted by molar-refractivity contribution is -0.131. The second-order valence-electron chi connectivity index (χ2n) is 7.58. The van der Waals surface area contributed by atoms with Gasteiger partial charge < -0.3 is 14.9 Å². The number of hydrogen-bond donors (Lipinski definition) is 1. The molecule has 1 amide bonds. The highest BCUT2D eigenvalue weighted by molar-refractivity contribution is 5.73. The third-order valence-corrected chi connectivity index (χ3v) is 6.19. The molecule has 1 aliphatic carbocycles. The molecule has 5 heteroatoms. The van der Waals surface area contributed by atoms with E-state index in [0.717, 1.165) is 58.2 Å². The zero-order valence-electron chi connectivity index (χ0n) is 14.6. The molecule has 5 nitrogen and oxygen atoms in total. The highest BCUT2D eigenvalue weighted by Gasteiger charge is 2.33. The monoisotopic (exact) mass is 323 g/mol. The molecule has 0 radical (unpaired) electrons. The van der Waals surface area contributed by atoms with Crippen LogP contribution < -0.4 is 0 Å². The van der Waals surface area contributed by atoms with Crippen LogP contribution in [0.5, 0.6) is 0 Å². The van der Waals surface area contributed by atoms with E-state index in [1.807, 2.05) is 4.90 Å². The summed E-state index contributed by atoms with van der Waals surface area (Å²) in [5.74, 6) is 0.175. The summed E-state index contributed by atoms with van der Waals surface area (Å²) in [4.78, 5) is 18.5. The number of carbonyl (C=O) groups excluding carboxylic acids is 1. The van der Waals surface area contributed by atoms with Crippen molar-refractivity contribution in [1.82, 2.24) is 14.7 Å². The van der Waals surface area contributed by atoms with Crippen LogP contribution in [0.15, 0.2) is 0 Å². The van der Waals surface area contributed by atoms with Gasteiger partial charge in [-0.05, 0) is 25.7 Å². The second-order valence-corrected chi connectivity index (χ2v) is 7.58. The Morgan fingerprint density at radius 2 is 1.48 bits per heavy atom. The summed E-state index contributed by atoms with van der Waals surface area (Å²) < 4.78 is 0. The lowest BCUT2D eigenvalue weighted by Gasteiger charge is -2.40. The average molecular weight is 323 g/mol. The average Bonchev–Trinajstić information content (AvgIpc) is 2.78. The Labute approximate surface area is 140 Å². The smallest absolute Gasteiger partial charge is 0.219 e. The van der Waals surface area contributed by atoms with Crippen molar-refractivity contribution in [1.29, 1.82) is 0 Å². The fourth-order valence-electron chi connectivity index (χ4n) is 4.70. The summed E-state index contributed by atoms with van der Waals surface area (Å²) in [6.45, 7) is 7.26. The van der Waals surface area contributed by atoms with Crippen LogP contribution in [-0.2, 0) is 4.79 Å². The Kier molecular flexibility index (Phi) is 5.94. The Morgan fingerprint density at radius 3 is 2.13 bits per heavy atom. The number of piperazine rings is 1. The van der Waals surface area contributed by atoms with Crippen LogP contribution in [0.25, 0.3) is 0 Å². The van der Waals surface area contributed by atoms with Gasteiger partial charge in [0.2, 0.25) is 5.91 Å². The van der Waals surface area contributed by atoms with Gasteiger partial charge in [-0.25, -0.2) is 0 Å². The Morgan fingerprint density at radius 1 is 0.826 bits per heavy atom. The molecule has 2 atom stereocenters. The number of carbonyl (C=O) groups is 1. The molecule has 2 saturated heterocycles. The summed E-state index contributed by atoms with van der Waals surface area (Å²) in [6, 6.07) is 1.03. The van der Waals surface area contributed by atoms with Crippen molar-refractivity contribution in [2.45, 2.75) is 70.1 Å². The Bertz CT molecular complexity index is 390. The van der Waals surface area contributed by atoms with E-state index in [-0.39, 0.29) is 18.1 Å². The number of amides is 1. The van der Waals surface area contributed by atoms with Gasteiger partial charge in [-0.1, -0.05) is 19.3 Å². The van der Waals surface area contributed by atoms with Gasteiger partial charge in [0.25, 0.3) is 0 Å². The summed E-state index contributed by atoms with van der Waals surface area (Å²) >= 11 is 0. The number of hydrogen-bond acceptors (Lipinski definition) is 4. The normalized spacial score (nSPS) is 32.7. The van der Waals surface area contributed by atoms with Gasteiger partial charge in [-0.2, -0.15) is 0 Å². The fourth-order valence-corrected chi connectivity index (χ4v) is 4.70. The number of aliphatic hydroxyl groups excluding tert-OH is 1. The van der Waals surface area contributed by atoms with E-state index in [0.29, 0.717) is 0 Å². The molecule has 3 aliphatic rings. The number of likely N-dealkylation sites (tertiary alicyclic amines) is 1. The van der Waals surface area contributed by atoms with Crippen LogP contribution in [0.1, 0.15) is 51.9 Å². The summed E-state index contributed by atoms with van der Waals surface area (Å²) in [5.41, 5.74) is 0. The fraction of sp³-hybridized carbons (Fsp3) is 0.944. The van der Waals surface area contributed by atoms with Gasteiger partial charge in [-0.15, -0.1) is 0 Å². The minimum atomic E-state index is -0.215. The lowest BCUT2D eigenvalue weighted by Crippen LogP contribution is -2.54. The Balaban J connectivity index is 1.53. The molecular formula is C18H33N3O2. The maximum atomic E-state index is 11.5. The first kappa shape index (κ1) is 17.2. The van der Waals surface area contributed by atoms with Gasteiger partial charge in [0.15, 0.2) is 0 Å². The maximum absolute atomic E-state index is 11.5. The zero-order chi connectivity index (χ0) is 16.2. The van der Waals surface area contributed by atoms with Crippen molar-refractivity contribution < 1.29 is 9.90 Å². The van der Waals surface area contributed by atoms with E-state index in [2.05, 4.69) is 9.80 Å². The van der Waals surface area contributed by atoms with Crippen molar-refractivity contribution in [3.8, 4) is 0 Å². The van der Waals surface area contributed by atoms with E-state index in [1.165, 1.54) is 32.1 Å². The first-order chi connectivity index (χ1) is 11.1. The molecule has 0 unspecified atom stereocenters. The van der Waals surface area contributed by atoms with Crippen molar-refractivity contribution in [3.05, 3.63) is 0 Å². The van der Waals surface area contributed by atoms with Crippen LogP contribution >= 0.6 is 0 Å². The van der Waals surface area contributed by atoms with Crippen LogP contribution in [0.3, 0.4) is 0 Å². The molecule has 23 heavy (non-hydrogen) atoms. The second kappa shape index (κ2) is 7.95. The molecule has 2 aliphatic heterocycles. The van der Waals surface area contributed by atoms with Crippen molar-refractivity contribution >= 4 is 5.91 Å². The minimum absolute atomic E-state index is 0.175. The van der Waals surface area contributed by atoms with E-state index < -0.39 is 0 Å². The molecule has 2 heterocycles. The van der Waals surface area contributed by atoms with E-state index in [9.17, 15) is 9.90 Å². The molecule has 132 valence electrons. The SMILES string of the molecule is CC(=O)N1CCN([C@H]2CCN(C3CCCCC3)CC[C@@H]2O)CC1. The molecule has 0 aromatic carbocycles. The standard InChI is InChI=1S/C18H33N3O2/c1-15(22)19-11-13-21(14-12-19)17-7-9-20(10-8-18(17)23)16-5-3-2-4-6-16/h16-18,23H,2-14H2,1H3/t17-,18-/m0/s1. The summed E-state index contributed by atoms with van der Waals surface area (Å²) in [7, 11) is 0. The van der Waals surface area contributed by atoms with E-state index in [1.54, 1.807) is 6.92 Å². The zero-order valence-corrected chi connectivity index (χ0v) is 14.6. The molecule has 0 bridgehead atoms. The number of rotatable bonds is 2. The van der Waals surface area contributed by atoms with Crippen molar-refractivity contribution in [2.75, 3.05) is 39.3 Å². The molecule has 1 N–H and O–H groups in total. The maximum Gasteiger partial charge on any atom is 0.219 e. The topological polar surface area (TPSA) is 47.0 Å². The van der Waals surface area contributed by atoms with Gasteiger partial charge in [0.1, 0.15) is 0 Å². The quantitative estimate of drug-likeness (QED) is 0.832. The van der Waals surface area contributed by atoms with Crippen LogP contribution in [0.2, 0.25) is 0 Å². The largest absolute Gasteiger partial charge is 0.391 e. The summed E-state index contributed by atoms with van der Waals surface area (Å²) in [6.07, 6.45) is 8.59. The molecule has 3 rings (SSSR count). The predicted molar refractivity (Wildman–Crippen MR) is 91.3 cm³/mol. The van der Waals surface area contributed by atoms with Gasteiger partial charge in [0, 0.05) is 58.3 Å². The third kappa shape index (κ3) is 4.25.